The fourth-order valence-electron chi connectivity index (χ4n) is 1.78. The zero-order valence-electron chi connectivity index (χ0n) is 9.97. The molecule has 4 heteroatoms. The second-order valence-corrected chi connectivity index (χ2v) is 3.67. The van der Waals surface area contributed by atoms with Gasteiger partial charge >= 0.3 is 5.97 Å². The third kappa shape index (κ3) is 2.41. The van der Waals surface area contributed by atoms with Crippen LogP contribution in [0.4, 0.5) is 0 Å². The lowest BCUT2D eigenvalue weighted by atomic mass is 10.2. The number of benzene rings is 1. The van der Waals surface area contributed by atoms with Crippen LogP contribution in [0.15, 0.2) is 30.5 Å². The van der Waals surface area contributed by atoms with Gasteiger partial charge in [-0.3, -0.25) is 4.79 Å². The van der Waals surface area contributed by atoms with E-state index in [0.29, 0.717) is 6.61 Å². The topological polar surface area (TPSA) is 40.5 Å². The number of carbonyl (C=O) groups is 1. The molecule has 0 N–H and O–H groups in total. The van der Waals surface area contributed by atoms with Crippen molar-refractivity contribution in [3.05, 3.63) is 30.5 Å². The Morgan fingerprint density at radius 3 is 2.88 bits per heavy atom. The van der Waals surface area contributed by atoms with E-state index >= 15 is 0 Å². The van der Waals surface area contributed by atoms with Gasteiger partial charge in [0, 0.05) is 17.1 Å². The van der Waals surface area contributed by atoms with Gasteiger partial charge in [-0.2, -0.15) is 0 Å². The summed E-state index contributed by atoms with van der Waals surface area (Å²) in [4.78, 5) is 11.2. The lowest BCUT2D eigenvalue weighted by molar-refractivity contribution is -0.141. The lowest BCUT2D eigenvalue weighted by Crippen LogP contribution is -2.10. The van der Waals surface area contributed by atoms with Gasteiger partial charge in [-0.1, -0.05) is 0 Å². The van der Waals surface area contributed by atoms with Crippen LogP contribution in [0, 0.1) is 0 Å². The first-order chi connectivity index (χ1) is 8.24. The predicted molar refractivity (Wildman–Crippen MR) is 65.1 cm³/mol. The highest BCUT2D eigenvalue weighted by molar-refractivity contribution is 5.83. The van der Waals surface area contributed by atoms with E-state index in [9.17, 15) is 4.79 Å². The predicted octanol–water partition coefficient (Wildman–Crippen LogP) is 2.21. The molecule has 2 aromatic rings. The summed E-state index contributed by atoms with van der Waals surface area (Å²) in [5, 5.41) is 1.06. The Morgan fingerprint density at radius 1 is 1.35 bits per heavy atom. The van der Waals surface area contributed by atoms with Crippen molar-refractivity contribution in [1.82, 2.24) is 4.57 Å². The summed E-state index contributed by atoms with van der Waals surface area (Å²) in [7, 11) is 1.39. The minimum absolute atomic E-state index is 0.230. The van der Waals surface area contributed by atoms with E-state index in [1.165, 1.54) is 7.11 Å². The molecule has 0 amide bonds. The van der Waals surface area contributed by atoms with Gasteiger partial charge in [0.25, 0.3) is 0 Å². The van der Waals surface area contributed by atoms with Crippen molar-refractivity contribution >= 4 is 16.9 Å². The number of rotatable bonds is 4. The molecule has 4 nitrogen and oxygen atoms in total. The molecular formula is C13H15NO3. The summed E-state index contributed by atoms with van der Waals surface area (Å²) < 4.78 is 11.9. The Balaban J connectivity index is 2.31. The molecule has 0 atom stereocenters. The second-order valence-electron chi connectivity index (χ2n) is 3.67. The summed E-state index contributed by atoms with van der Waals surface area (Å²) in [6, 6.07) is 7.77. The highest BCUT2D eigenvalue weighted by atomic mass is 16.5. The van der Waals surface area contributed by atoms with Crippen LogP contribution in [0.2, 0.25) is 0 Å². The molecule has 0 aliphatic rings. The Kier molecular flexibility index (Phi) is 3.32. The monoisotopic (exact) mass is 233 g/mol. The summed E-state index contributed by atoms with van der Waals surface area (Å²) in [6.45, 7) is 2.83. The van der Waals surface area contributed by atoms with Crippen molar-refractivity contribution in [2.75, 3.05) is 13.7 Å². The normalized spacial score (nSPS) is 10.5. The summed E-state index contributed by atoms with van der Waals surface area (Å²) in [5.41, 5.74) is 0.999. The van der Waals surface area contributed by atoms with E-state index in [1.54, 1.807) is 0 Å². The maximum atomic E-state index is 11.2. The molecule has 1 heterocycles. The first-order valence-electron chi connectivity index (χ1n) is 5.53. The van der Waals surface area contributed by atoms with Crippen LogP contribution in [0.1, 0.15) is 6.92 Å². The van der Waals surface area contributed by atoms with E-state index in [2.05, 4.69) is 4.74 Å². The zero-order valence-corrected chi connectivity index (χ0v) is 9.97. The fraction of sp³-hybridized carbons (Fsp3) is 0.308. The molecule has 90 valence electrons. The Bertz CT molecular complexity index is 530. The molecule has 0 saturated carbocycles. The maximum absolute atomic E-state index is 11.2. The van der Waals surface area contributed by atoms with Crippen LogP contribution in [-0.4, -0.2) is 24.3 Å². The van der Waals surface area contributed by atoms with E-state index in [-0.39, 0.29) is 12.5 Å². The zero-order chi connectivity index (χ0) is 12.3. The molecule has 0 bridgehead atoms. The van der Waals surface area contributed by atoms with Crippen molar-refractivity contribution in [2.45, 2.75) is 13.5 Å². The average molecular weight is 233 g/mol. The number of hydrogen-bond donors (Lipinski definition) is 0. The molecule has 0 spiro atoms. The summed E-state index contributed by atoms with van der Waals surface area (Å²) in [6.07, 6.45) is 1.87. The van der Waals surface area contributed by atoms with E-state index in [4.69, 9.17) is 4.74 Å². The van der Waals surface area contributed by atoms with Gasteiger partial charge in [-0.25, -0.2) is 0 Å². The van der Waals surface area contributed by atoms with Gasteiger partial charge in [0.1, 0.15) is 12.3 Å². The number of hydrogen-bond acceptors (Lipinski definition) is 3. The molecule has 0 aliphatic heterocycles. The molecule has 0 radical (unpaired) electrons. The van der Waals surface area contributed by atoms with E-state index < -0.39 is 0 Å². The molecule has 17 heavy (non-hydrogen) atoms. The van der Waals surface area contributed by atoms with Gasteiger partial charge in [0.05, 0.1) is 13.7 Å². The van der Waals surface area contributed by atoms with Gasteiger partial charge < -0.3 is 14.0 Å². The minimum atomic E-state index is -0.253. The molecule has 2 rings (SSSR count). The Morgan fingerprint density at radius 2 is 2.18 bits per heavy atom. The number of fused-ring (bicyclic) bond motifs is 1. The third-order valence-electron chi connectivity index (χ3n) is 2.58. The van der Waals surface area contributed by atoms with Crippen molar-refractivity contribution < 1.29 is 14.3 Å². The number of carbonyl (C=O) groups excluding carboxylic acids is 1. The van der Waals surface area contributed by atoms with Gasteiger partial charge in [0.2, 0.25) is 0 Å². The standard InChI is InChI=1S/C13H15NO3/c1-3-17-11-4-5-12-10(8-11)6-7-14(12)9-13(15)16-2/h4-8H,3,9H2,1-2H3. The molecule has 0 fully saturated rings. The number of methoxy groups -OCH3 is 1. The van der Waals surface area contributed by atoms with E-state index in [0.717, 1.165) is 16.7 Å². The minimum Gasteiger partial charge on any atom is -0.494 e. The fourth-order valence-corrected chi connectivity index (χ4v) is 1.78. The van der Waals surface area contributed by atoms with Crippen LogP contribution in [0.25, 0.3) is 10.9 Å². The van der Waals surface area contributed by atoms with Gasteiger partial charge in [-0.15, -0.1) is 0 Å². The smallest absolute Gasteiger partial charge is 0.325 e. The highest BCUT2D eigenvalue weighted by Crippen LogP contribution is 2.22. The molecule has 0 unspecified atom stereocenters. The number of aromatic nitrogens is 1. The van der Waals surface area contributed by atoms with Crippen molar-refractivity contribution in [2.24, 2.45) is 0 Å². The molecule has 1 aromatic heterocycles. The third-order valence-corrected chi connectivity index (χ3v) is 2.58. The van der Waals surface area contributed by atoms with Crippen LogP contribution >= 0.6 is 0 Å². The first kappa shape index (κ1) is 11.5. The quantitative estimate of drug-likeness (QED) is 0.760. The second kappa shape index (κ2) is 4.91. The van der Waals surface area contributed by atoms with Crippen LogP contribution < -0.4 is 4.74 Å². The average Bonchev–Trinajstić information content (AvgIpc) is 2.72. The van der Waals surface area contributed by atoms with Crippen molar-refractivity contribution in [3.63, 3.8) is 0 Å². The highest BCUT2D eigenvalue weighted by Gasteiger charge is 2.06. The summed E-state index contributed by atoms with van der Waals surface area (Å²) in [5.74, 6) is 0.590. The molecule has 1 aromatic carbocycles. The Hall–Kier alpha value is -1.97. The SMILES string of the molecule is CCOc1ccc2c(ccn2CC(=O)OC)c1. The van der Waals surface area contributed by atoms with Crippen LogP contribution in [0.3, 0.4) is 0 Å². The van der Waals surface area contributed by atoms with Crippen molar-refractivity contribution in [1.29, 1.82) is 0 Å². The molecular weight excluding hydrogens is 218 g/mol. The largest absolute Gasteiger partial charge is 0.494 e. The lowest BCUT2D eigenvalue weighted by Gasteiger charge is -2.05. The van der Waals surface area contributed by atoms with Gasteiger partial charge in [0.15, 0.2) is 0 Å². The van der Waals surface area contributed by atoms with Gasteiger partial charge in [-0.05, 0) is 31.2 Å². The van der Waals surface area contributed by atoms with E-state index in [1.807, 2.05) is 42.0 Å². The van der Waals surface area contributed by atoms with Crippen LogP contribution in [-0.2, 0) is 16.1 Å². The number of esters is 1. The molecule has 0 saturated heterocycles. The van der Waals surface area contributed by atoms with Crippen LogP contribution in [0.5, 0.6) is 5.75 Å². The maximum Gasteiger partial charge on any atom is 0.325 e. The number of ether oxygens (including phenoxy) is 2. The molecule has 0 aliphatic carbocycles. The summed E-state index contributed by atoms with van der Waals surface area (Å²) >= 11 is 0. The number of nitrogens with zero attached hydrogens (tertiary/aromatic N) is 1. The van der Waals surface area contributed by atoms with Crippen molar-refractivity contribution in [3.8, 4) is 5.75 Å². The Labute approximate surface area is 99.7 Å². The first-order valence-corrected chi connectivity index (χ1v) is 5.53.